The van der Waals surface area contributed by atoms with Gasteiger partial charge in [-0.25, -0.2) is 8.42 Å². The van der Waals surface area contributed by atoms with Gasteiger partial charge in [-0.1, -0.05) is 13.8 Å². The Morgan fingerprint density at radius 1 is 1.24 bits per heavy atom. The molecule has 1 heterocycles. The van der Waals surface area contributed by atoms with Crippen molar-refractivity contribution in [1.29, 1.82) is 0 Å². The molecule has 1 aliphatic rings. The van der Waals surface area contributed by atoms with E-state index in [0.717, 1.165) is 0 Å². The standard InChI is InChI=1S/C13H17NO6S/c1-8(2)12(13(15)16)14-21(17,18)9-3-4-10-11(7-9)20-6-5-19-10/h3-4,7-8,12,14H,5-6H2,1-2H3,(H,15,16)/t12-/m0/s1. The minimum absolute atomic E-state index is 0.0568. The number of carbonyl (C=O) groups is 1. The van der Waals surface area contributed by atoms with Crippen molar-refractivity contribution in [2.75, 3.05) is 13.2 Å². The van der Waals surface area contributed by atoms with E-state index in [1.807, 2.05) is 0 Å². The van der Waals surface area contributed by atoms with E-state index in [1.165, 1.54) is 18.2 Å². The first-order valence-electron chi connectivity index (χ1n) is 6.46. The predicted octanol–water partition coefficient (Wildman–Crippen LogP) is 0.845. The maximum absolute atomic E-state index is 12.3. The van der Waals surface area contributed by atoms with Crippen LogP contribution in [0, 0.1) is 5.92 Å². The molecule has 0 aliphatic carbocycles. The summed E-state index contributed by atoms with van der Waals surface area (Å²) in [5.74, 6) is -0.792. The van der Waals surface area contributed by atoms with E-state index in [-0.39, 0.29) is 10.8 Å². The van der Waals surface area contributed by atoms with Crippen LogP contribution >= 0.6 is 0 Å². The second-order valence-electron chi connectivity index (χ2n) is 4.99. The molecule has 8 heteroatoms. The van der Waals surface area contributed by atoms with Crippen LogP contribution in [0.4, 0.5) is 0 Å². The topological polar surface area (TPSA) is 102 Å². The molecule has 0 unspecified atom stereocenters. The Balaban J connectivity index is 2.29. The smallest absolute Gasteiger partial charge is 0.322 e. The van der Waals surface area contributed by atoms with Crippen LogP contribution in [0.3, 0.4) is 0 Å². The SMILES string of the molecule is CC(C)[C@H](NS(=O)(=O)c1ccc2c(c1)OCCO2)C(=O)O. The minimum Gasteiger partial charge on any atom is -0.486 e. The molecular formula is C13H17NO6S. The summed E-state index contributed by atoms with van der Waals surface area (Å²) in [6, 6.07) is 2.99. The van der Waals surface area contributed by atoms with Crippen LogP contribution in [0.15, 0.2) is 23.1 Å². The zero-order chi connectivity index (χ0) is 15.6. The number of benzene rings is 1. The van der Waals surface area contributed by atoms with Gasteiger partial charge in [0.1, 0.15) is 19.3 Å². The third kappa shape index (κ3) is 3.45. The zero-order valence-electron chi connectivity index (χ0n) is 11.7. The molecule has 2 N–H and O–H groups in total. The fraction of sp³-hybridized carbons (Fsp3) is 0.462. The van der Waals surface area contributed by atoms with Crippen molar-refractivity contribution in [2.45, 2.75) is 24.8 Å². The third-order valence-electron chi connectivity index (χ3n) is 3.04. The molecule has 0 radical (unpaired) electrons. The van der Waals surface area contributed by atoms with Gasteiger partial charge in [-0.2, -0.15) is 4.72 Å². The highest BCUT2D eigenvalue weighted by molar-refractivity contribution is 7.89. The van der Waals surface area contributed by atoms with Crippen LogP contribution in [0.25, 0.3) is 0 Å². The monoisotopic (exact) mass is 315 g/mol. The van der Waals surface area contributed by atoms with E-state index >= 15 is 0 Å². The van der Waals surface area contributed by atoms with Gasteiger partial charge >= 0.3 is 5.97 Å². The Morgan fingerprint density at radius 3 is 2.43 bits per heavy atom. The van der Waals surface area contributed by atoms with Crippen LogP contribution < -0.4 is 14.2 Å². The van der Waals surface area contributed by atoms with Crippen molar-refractivity contribution in [2.24, 2.45) is 5.92 Å². The number of carboxylic acids is 1. The average Bonchev–Trinajstić information content (AvgIpc) is 2.43. The van der Waals surface area contributed by atoms with E-state index < -0.39 is 22.0 Å². The Labute approximate surface area is 122 Å². The lowest BCUT2D eigenvalue weighted by atomic mass is 10.1. The first-order valence-corrected chi connectivity index (χ1v) is 7.94. The van der Waals surface area contributed by atoms with Crippen molar-refractivity contribution >= 4 is 16.0 Å². The molecule has 0 spiro atoms. The van der Waals surface area contributed by atoms with E-state index in [2.05, 4.69) is 4.72 Å². The van der Waals surface area contributed by atoms with Crippen LogP contribution in [0.1, 0.15) is 13.8 Å². The van der Waals surface area contributed by atoms with E-state index in [1.54, 1.807) is 13.8 Å². The highest BCUT2D eigenvalue weighted by Crippen LogP contribution is 2.32. The van der Waals surface area contributed by atoms with Crippen LogP contribution in [-0.2, 0) is 14.8 Å². The second-order valence-corrected chi connectivity index (χ2v) is 6.70. The normalized spacial score (nSPS) is 15.8. The molecule has 0 saturated carbocycles. The average molecular weight is 315 g/mol. The molecule has 116 valence electrons. The van der Waals surface area contributed by atoms with Crippen LogP contribution in [0.5, 0.6) is 11.5 Å². The van der Waals surface area contributed by atoms with Crippen molar-refractivity contribution in [1.82, 2.24) is 4.72 Å². The van der Waals surface area contributed by atoms with E-state index in [9.17, 15) is 13.2 Å². The summed E-state index contributed by atoms with van der Waals surface area (Å²) >= 11 is 0. The summed E-state index contributed by atoms with van der Waals surface area (Å²) in [5.41, 5.74) is 0. The largest absolute Gasteiger partial charge is 0.486 e. The van der Waals surface area contributed by atoms with Crippen molar-refractivity contribution in [3.05, 3.63) is 18.2 Å². The van der Waals surface area contributed by atoms with E-state index in [4.69, 9.17) is 14.6 Å². The molecule has 0 aromatic heterocycles. The van der Waals surface area contributed by atoms with Gasteiger partial charge in [0.05, 0.1) is 4.90 Å². The molecule has 1 aromatic rings. The van der Waals surface area contributed by atoms with Gasteiger partial charge in [-0.05, 0) is 18.1 Å². The fourth-order valence-corrected chi connectivity index (χ4v) is 3.25. The zero-order valence-corrected chi connectivity index (χ0v) is 12.5. The quantitative estimate of drug-likeness (QED) is 0.835. The summed E-state index contributed by atoms with van der Waals surface area (Å²) in [6.45, 7) is 4.01. The second kappa shape index (κ2) is 5.90. The molecule has 1 atom stereocenters. The molecule has 0 fully saturated rings. The first kappa shape index (κ1) is 15.6. The fourth-order valence-electron chi connectivity index (χ4n) is 1.90. The number of ether oxygens (including phenoxy) is 2. The molecule has 2 rings (SSSR count). The maximum Gasteiger partial charge on any atom is 0.322 e. The van der Waals surface area contributed by atoms with Gasteiger partial charge < -0.3 is 14.6 Å². The number of nitrogens with one attached hydrogen (secondary N) is 1. The molecular weight excluding hydrogens is 298 g/mol. The number of fused-ring (bicyclic) bond motifs is 1. The van der Waals surface area contributed by atoms with Gasteiger partial charge in [0, 0.05) is 6.07 Å². The molecule has 21 heavy (non-hydrogen) atoms. The van der Waals surface area contributed by atoms with Gasteiger partial charge in [-0.15, -0.1) is 0 Å². The number of aliphatic carboxylic acids is 1. The Hall–Kier alpha value is -1.80. The highest BCUT2D eigenvalue weighted by atomic mass is 32.2. The lowest BCUT2D eigenvalue weighted by Gasteiger charge is -2.20. The van der Waals surface area contributed by atoms with Crippen LogP contribution in [0.2, 0.25) is 0 Å². The number of carboxylic acid groups (broad SMARTS) is 1. The molecule has 1 aromatic carbocycles. The Bertz CT molecular complexity index is 640. The van der Waals surface area contributed by atoms with Gasteiger partial charge in [-0.3, -0.25) is 4.79 Å². The summed E-state index contributed by atoms with van der Waals surface area (Å²) in [4.78, 5) is 11.1. The third-order valence-corrected chi connectivity index (χ3v) is 4.48. The summed E-state index contributed by atoms with van der Waals surface area (Å²) < 4.78 is 37.4. The van der Waals surface area contributed by atoms with Gasteiger partial charge in [0.2, 0.25) is 10.0 Å². The molecule has 0 amide bonds. The predicted molar refractivity (Wildman–Crippen MR) is 74.0 cm³/mol. The summed E-state index contributed by atoms with van der Waals surface area (Å²) in [6.07, 6.45) is 0. The number of sulfonamides is 1. The van der Waals surface area contributed by atoms with Gasteiger partial charge in [0.25, 0.3) is 0 Å². The van der Waals surface area contributed by atoms with Gasteiger partial charge in [0.15, 0.2) is 11.5 Å². The van der Waals surface area contributed by atoms with Crippen molar-refractivity contribution < 1.29 is 27.8 Å². The lowest BCUT2D eigenvalue weighted by molar-refractivity contribution is -0.140. The summed E-state index contributed by atoms with van der Waals surface area (Å²) in [5, 5.41) is 9.07. The van der Waals surface area contributed by atoms with Crippen LogP contribution in [-0.4, -0.2) is 38.7 Å². The highest BCUT2D eigenvalue weighted by Gasteiger charge is 2.28. The number of rotatable bonds is 5. The minimum atomic E-state index is -3.95. The number of hydrogen-bond donors (Lipinski definition) is 2. The number of hydrogen-bond acceptors (Lipinski definition) is 5. The van der Waals surface area contributed by atoms with Crippen molar-refractivity contribution in [3.8, 4) is 11.5 Å². The maximum atomic E-state index is 12.3. The molecule has 7 nitrogen and oxygen atoms in total. The molecule has 1 aliphatic heterocycles. The molecule has 0 bridgehead atoms. The Kier molecular flexibility index (Phi) is 4.38. The van der Waals surface area contributed by atoms with E-state index in [0.29, 0.717) is 24.7 Å². The molecule has 0 saturated heterocycles. The first-order chi connectivity index (χ1) is 9.81. The lowest BCUT2D eigenvalue weighted by Crippen LogP contribution is -2.44. The summed E-state index contributed by atoms with van der Waals surface area (Å²) in [7, 11) is -3.95. The Morgan fingerprint density at radius 2 is 1.86 bits per heavy atom. The van der Waals surface area contributed by atoms with Crippen molar-refractivity contribution in [3.63, 3.8) is 0 Å².